The van der Waals surface area contributed by atoms with Crippen molar-refractivity contribution in [3.05, 3.63) is 0 Å². The van der Waals surface area contributed by atoms with Gasteiger partial charge in [0.05, 0.1) is 6.10 Å². The molecule has 0 aromatic rings. The highest BCUT2D eigenvalue weighted by atomic mass is 31.2. The number of hydrogen-bond acceptors (Lipinski definition) is 3. The molecule has 0 aromatic heterocycles. The second-order valence-corrected chi connectivity index (χ2v) is 6.11. The molecular weight excluding hydrogens is 175 g/mol. The van der Waals surface area contributed by atoms with E-state index in [0.29, 0.717) is 0 Å². The third kappa shape index (κ3) is 4.24. The van der Waals surface area contributed by atoms with Gasteiger partial charge in [0, 0.05) is 6.16 Å². The first-order valence-electron chi connectivity index (χ1n) is 4.17. The quantitative estimate of drug-likeness (QED) is 0.644. The Morgan fingerprint density at radius 3 is 2.17 bits per heavy atom. The van der Waals surface area contributed by atoms with E-state index >= 15 is 0 Å². The van der Waals surface area contributed by atoms with Crippen molar-refractivity contribution >= 4 is 7.60 Å². The third-order valence-electron chi connectivity index (χ3n) is 1.93. The third-order valence-corrected chi connectivity index (χ3v) is 3.34. The van der Waals surface area contributed by atoms with Crippen LogP contribution in [0.2, 0.25) is 0 Å². The van der Waals surface area contributed by atoms with Crippen LogP contribution in [-0.2, 0) is 9.09 Å². The van der Waals surface area contributed by atoms with Gasteiger partial charge < -0.3 is 14.0 Å². The lowest BCUT2D eigenvalue weighted by Crippen LogP contribution is -2.27. The Labute approximate surface area is 74.7 Å². The monoisotopic (exact) mass is 193 g/mol. The Kier molecular flexibility index (Phi) is 3.95. The molecule has 0 radical (unpaired) electrons. The second-order valence-electron chi connectivity index (χ2n) is 4.04. The highest BCUT2D eigenvalue weighted by Crippen LogP contribution is 2.41. The topological polar surface area (TPSA) is 49.4 Å². The Bertz CT molecular complexity index is 183. The second kappa shape index (κ2) is 3.91. The molecule has 0 fully saturated rings. The van der Waals surface area contributed by atoms with E-state index in [1.54, 1.807) is 13.8 Å². The normalized spacial score (nSPS) is 20.2. The molecule has 0 aliphatic rings. The van der Waals surface area contributed by atoms with Gasteiger partial charge in [0.1, 0.15) is 7.60 Å². The number of hydrogen-bond donors (Lipinski definition) is 0. The highest BCUT2D eigenvalue weighted by molar-refractivity contribution is 7.51. The predicted octanol–water partition coefficient (Wildman–Crippen LogP) is 2.01. The van der Waals surface area contributed by atoms with E-state index in [0.717, 1.165) is 0 Å². The van der Waals surface area contributed by atoms with Crippen LogP contribution in [0, 0.1) is 5.41 Å². The minimum Gasteiger partial charge on any atom is -0.778 e. The Morgan fingerprint density at radius 1 is 1.50 bits per heavy atom. The zero-order valence-corrected chi connectivity index (χ0v) is 9.35. The average Bonchev–Trinajstić information content (AvgIpc) is 1.85. The number of rotatable bonds is 3. The molecule has 0 saturated carbocycles. The van der Waals surface area contributed by atoms with Crippen molar-refractivity contribution in [2.75, 3.05) is 6.16 Å². The lowest BCUT2D eigenvalue weighted by Gasteiger charge is -2.33. The molecule has 0 aliphatic heterocycles. The van der Waals surface area contributed by atoms with Crippen molar-refractivity contribution < 1.29 is 14.0 Å². The van der Waals surface area contributed by atoms with Gasteiger partial charge >= 0.3 is 0 Å². The Balaban J connectivity index is 4.19. The predicted molar refractivity (Wildman–Crippen MR) is 48.1 cm³/mol. The summed E-state index contributed by atoms with van der Waals surface area (Å²) in [6.07, 6.45) is -0.200. The molecule has 0 aliphatic carbocycles. The summed E-state index contributed by atoms with van der Waals surface area (Å²) < 4.78 is 16.0. The Morgan fingerprint density at radius 2 is 1.92 bits per heavy atom. The van der Waals surface area contributed by atoms with Crippen LogP contribution in [0.5, 0.6) is 0 Å². The summed E-state index contributed by atoms with van der Waals surface area (Å²) in [5, 5.41) is 0. The molecule has 0 spiro atoms. The van der Waals surface area contributed by atoms with Gasteiger partial charge in [-0.1, -0.05) is 27.7 Å². The SMILES string of the molecule is CCP(=O)([O-])OC(C)C(C)(C)C. The van der Waals surface area contributed by atoms with Crippen LogP contribution in [0.1, 0.15) is 34.6 Å². The molecule has 0 saturated heterocycles. The Hall–Kier alpha value is 0.150. The van der Waals surface area contributed by atoms with Gasteiger partial charge in [0.25, 0.3) is 0 Å². The first-order chi connectivity index (χ1) is 5.19. The summed E-state index contributed by atoms with van der Waals surface area (Å²) >= 11 is 0. The molecule has 12 heavy (non-hydrogen) atoms. The van der Waals surface area contributed by atoms with Crippen LogP contribution in [-0.4, -0.2) is 12.3 Å². The first-order valence-corrected chi connectivity index (χ1v) is 5.90. The summed E-state index contributed by atoms with van der Waals surface area (Å²) in [4.78, 5) is 11.1. The lowest BCUT2D eigenvalue weighted by atomic mass is 9.91. The van der Waals surface area contributed by atoms with E-state index in [9.17, 15) is 9.46 Å². The molecule has 2 atom stereocenters. The standard InChI is InChI=1S/C8H19O3P/c1-6-12(9,10)11-7(2)8(3,4)5/h7H,6H2,1-5H3,(H,9,10)/p-1. The van der Waals surface area contributed by atoms with Gasteiger partial charge in [0.2, 0.25) is 0 Å². The van der Waals surface area contributed by atoms with Crippen LogP contribution in [0.3, 0.4) is 0 Å². The van der Waals surface area contributed by atoms with Crippen molar-refractivity contribution in [1.29, 1.82) is 0 Å². The van der Waals surface area contributed by atoms with E-state index in [-0.39, 0.29) is 17.7 Å². The zero-order chi connectivity index (χ0) is 9.99. The molecule has 4 heteroatoms. The summed E-state index contributed by atoms with van der Waals surface area (Å²) in [6.45, 7) is 9.22. The molecule has 0 aromatic carbocycles. The van der Waals surface area contributed by atoms with E-state index in [4.69, 9.17) is 4.52 Å². The van der Waals surface area contributed by atoms with Crippen molar-refractivity contribution in [2.45, 2.75) is 40.7 Å². The van der Waals surface area contributed by atoms with Crippen LogP contribution >= 0.6 is 7.60 Å². The molecule has 74 valence electrons. The van der Waals surface area contributed by atoms with Gasteiger partial charge in [-0.25, -0.2) is 0 Å². The van der Waals surface area contributed by atoms with Gasteiger partial charge in [-0.15, -0.1) is 0 Å². The largest absolute Gasteiger partial charge is 0.778 e. The molecular formula is C8H18O3P-. The van der Waals surface area contributed by atoms with Crippen LogP contribution < -0.4 is 4.89 Å². The molecule has 0 bridgehead atoms. The minimum atomic E-state index is -3.58. The summed E-state index contributed by atoms with van der Waals surface area (Å²) in [5.74, 6) is 0. The molecule has 3 nitrogen and oxygen atoms in total. The summed E-state index contributed by atoms with van der Waals surface area (Å²) in [7, 11) is -3.58. The van der Waals surface area contributed by atoms with Crippen LogP contribution in [0.4, 0.5) is 0 Å². The van der Waals surface area contributed by atoms with Crippen molar-refractivity contribution in [2.24, 2.45) is 5.41 Å². The lowest BCUT2D eigenvalue weighted by molar-refractivity contribution is -0.204. The highest BCUT2D eigenvalue weighted by Gasteiger charge is 2.23. The van der Waals surface area contributed by atoms with Crippen LogP contribution in [0.15, 0.2) is 0 Å². The molecule has 0 N–H and O–H groups in total. The van der Waals surface area contributed by atoms with E-state index < -0.39 is 7.60 Å². The minimum absolute atomic E-state index is 0.0629. The van der Waals surface area contributed by atoms with Gasteiger partial charge in [-0.2, -0.15) is 0 Å². The smallest absolute Gasteiger partial charge is 0.134 e. The van der Waals surface area contributed by atoms with Crippen molar-refractivity contribution in [3.8, 4) is 0 Å². The summed E-state index contributed by atoms with van der Waals surface area (Å²) in [5.41, 5.74) is -0.130. The maximum atomic E-state index is 11.1. The van der Waals surface area contributed by atoms with Crippen molar-refractivity contribution in [1.82, 2.24) is 0 Å². The van der Waals surface area contributed by atoms with Gasteiger partial charge in [0.15, 0.2) is 0 Å². The van der Waals surface area contributed by atoms with Gasteiger partial charge in [-0.3, -0.25) is 0 Å². The molecule has 2 unspecified atom stereocenters. The fourth-order valence-corrected chi connectivity index (χ4v) is 1.42. The van der Waals surface area contributed by atoms with E-state index in [2.05, 4.69) is 0 Å². The molecule has 0 amide bonds. The average molecular weight is 193 g/mol. The summed E-state index contributed by atoms with van der Waals surface area (Å²) in [6, 6.07) is 0. The van der Waals surface area contributed by atoms with Gasteiger partial charge in [-0.05, 0) is 12.3 Å². The first kappa shape index (κ1) is 12.2. The van der Waals surface area contributed by atoms with E-state index in [1.165, 1.54) is 0 Å². The van der Waals surface area contributed by atoms with Crippen LogP contribution in [0.25, 0.3) is 0 Å². The molecule has 0 rings (SSSR count). The van der Waals surface area contributed by atoms with E-state index in [1.807, 2.05) is 20.8 Å². The maximum Gasteiger partial charge on any atom is 0.134 e. The zero-order valence-electron chi connectivity index (χ0n) is 8.46. The fraction of sp³-hybridized carbons (Fsp3) is 1.00. The molecule has 0 heterocycles. The van der Waals surface area contributed by atoms with Crippen molar-refractivity contribution in [3.63, 3.8) is 0 Å². The maximum absolute atomic E-state index is 11.1. The fourth-order valence-electron chi connectivity index (χ4n) is 0.474.